The van der Waals surface area contributed by atoms with E-state index in [1.165, 1.54) is 16.7 Å². The Morgan fingerprint density at radius 3 is 2.37 bits per heavy atom. The molecule has 1 spiro atoms. The van der Waals surface area contributed by atoms with Crippen molar-refractivity contribution in [2.45, 2.75) is 102 Å². The van der Waals surface area contributed by atoms with Crippen molar-refractivity contribution in [3.63, 3.8) is 0 Å². The number of hydrogen-bond acceptors (Lipinski definition) is 5. The second kappa shape index (κ2) is 8.91. The van der Waals surface area contributed by atoms with E-state index in [1.807, 2.05) is 0 Å². The zero-order valence-electron chi connectivity index (χ0n) is 23.6. The lowest BCUT2D eigenvalue weighted by Gasteiger charge is -2.58. The van der Waals surface area contributed by atoms with Crippen LogP contribution in [0.2, 0.25) is 0 Å². The molecule has 4 aliphatic carbocycles. The number of hydrogen-bond donors (Lipinski definition) is 3. The molecule has 0 amide bonds. The van der Waals surface area contributed by atoms with E-state index in [0.717, 1.165) is 50.5 Å². The number of aliphatic hydroxyl groups is 2. The zero-order valence-corrected chi connectivity index (χ0v) is 23.6. The van der Waals surface area contributed by atoms with Gasteiger partial charge in [-0.05, 0) is 80.6 Å². The lowest BCUT2D eigenvalue weighted by Crippen LogP contribution is -2.58. The van der Waals surface area contributed by atoms with Gasteiger partial charge in [0.05, 0.1) is 31.0 Å². The molecule has 0 bridgehead atoms. The lowest BCUT2D eigenvalue weighted by atomic mass is 9.50. The van der Waals surface area contributed by atoms with E-state index in [-0.39, 0.29) is 16.7 Å². The largest absolute Gasteiger partial charge is 0.390 e. The summed E-state index contributed by atoms with van der Waals surface area (Å²) in [5, 5.41) is 23.9. The first kappa shape index (κ1) is 26.5. The minimum Gasteiger partial charge on any atom is -0.390 e. The van der Waals surface area contributed by atoms with Crippen LogP contribution in [0.5, 0.6) is 0 Å². The Morgan fingerprint density at radius 1 is 0.974 bits per heavy atom. The topological polar surface area (TPSA) is 84.9 Å². The minimum atomic E-state index is -0.898. The predicted molar refractivity (Wildman–Crippen MR) is 148 cm³/mol. The molecule has 1 aromatic carbocycles. The standard InChI is InChI=1S/C33H45NO4/c1-29(2)20-37-33(38-21-29)16-13-27-28-24(11-15-32(27,36)19-33)26-12-14-31(4,35)30(26,3)18-25(28)23-9-7-22(8-10-23)6-5-17-34/h7-10,24-26,35-36H,11-21,34H2,1-4H3. The monoisotopic (exact) mass is 519 g/mol. The van der Waals surface area contributed by atoms with E-state index in [4.69, 9.17) is 15.2 Å². The fourth-order valence-corrected chi connectivity index (χ4v) is 8.72. The van der Waals surface area contributed by atoms with Crippen molar-refractivity contribution in [3.05, 3.63) is 46.5 Å². The molecule has 1 aromatic rings. The molecule has 6 unspecified atom stereocenters. The highest BCUT2D eigenvalue weighted by Gasteiger charge is 2.63. The van der Waals surface area contributed by atoms with Crippen LogP contribution in [0, 0.1) is 34.5 Å². The number of benzene rings is 1. The quantitative estimate of drug-likeness (QED) is 0.358. The van der Waals surface area contributed by atoms with Crippen molar-refractivity contribution in [1.82, 2.24) is 0 Å². The summed E-state index contributed by atoms with van der Waals surface area (Å²) in [6.07, 6.45) is 6.59. The van der Waals surface area contributed by atoms with Gasteiger partial charge in [0.2, 0.25) is 0 Å². The normalized spacial score (nSPS) is 41.1. The van der Waals surface area contributed by atoms with E-state index in [1.54, 1.807) is 0 Å². The molecule has 38 heavy (non-hydrogen) atoms. The fraction of sp³-hybridized carbons (Fsp3) is 0.697. The van der Waals surface area contributed by atoms with Crippen LogP contribution < -0.4 is 5.73 Å². The Morgan fingerprint density at radius 2 is 1.68 bits per heavy atom. The highest BCUT2D eigenvalue weighted by Crippen LogP contribution is 2.67. The Balaban J connectivity index is 1.41. The molecule has 0 radical (unpaired) electrons. The molecular formula is C33H45NO4. The van der Waals surface area contributed by atoms with Crippen LogP contribution in [0.25, 0.3) is 0 Å². The SMILES string of the molecule is CC1(C)COC2(CCC3=C4C(c5ccc(C#CCN)cc5)CC5(C)C(CCC5(C)O)C4CCC3(O)C2)OC1. The predicted octanol–water partition coefficient (Wildman–Crippen LogP) is 5.04. The van der Waals surface area contributed by atoms with E-state index >= 15 is 0 Å². The van der Waals surface area contributed by atoms with Crippen LogP contribution in [-0.4, -0.2) is 47.0 Å². The summed E-state index contributed by atoms with van der Waals surface area (Å²) in [5.74, 6) is 6.41. The van der Waals surface area contributed by atoms with Crippen LogP contribution in [0.3, 0.4) is 0 Å². The number of fused-ring (bicyclic) bond motifs is 4. The lowest BCUT2D eigenvalue weighted by molar-refractivity contribution is -0.322. The van der Waals surface area contributed by atoms with E-state index < -0.39 is 17.0 Å². The van der Waals surface area contributed by atoms with Crippen molar-refractivity contribution in [2.75, 3.05) is 19.8 Å². The molecule has 1 aliphatic heterocycles. The molecule has 3 saturated carbocycles. The first-order valence-electron chi connectivity index (χ1n) is 14.7. The first-order chi connectivity index (χ1) is 17.9. The molecule has 206 valence electrons. The van der Waals surface area contributed by atoms with Gasteiger partial charge < -0.3 is 25.4 Å². The van der Waals surface area contributed by atoms with Crippen LogP contribution in [0.15, 0.2) is 35.4 Å². The molecule has 5 heteroatoms. The van der Waals surface area contributed by atoms with Crippen molar-refractivity contribution in [2.24, 2.45) is 28.4 Å². The van der Waals surface area contributed by atoms with Crippen LogP contribution in [0.1, 0.15) is 96.1 Å². The van der Waals surface area contributed by atoms with Gasteiger partial charge in [-0.1, -0.05) is 50.3 Å². The summed E-state index contributed by atoms with van der Waals surface area (Å²) in [6, 6.07) is 8.60. The van der Waals surface area contributed by atoms with Crippen LogP contribution in [-0.2, 0) is 9.47 Å². The van der Waals surface area contributed by atoms with Gasteiger partial charge in [-0.15, -0.1) is 0 Å². The Labute approximate surface area is 228 Å². The van der Waals surface area contributed by atoms with Crippen LogP contribution in [0.4, 0.5) is 0 Å². The summed E-state index contributed by atoms with van der Waals surface area (Å²) in [5.41, 5.74) is 8.76. The number of ether oxygens (including phenoxy) is 2. The van der Waals surface area contributed by atoms with Crippen molar-refractivity contribution >= 4 is 0 Å². The molecule has 4 fully saturated rings. The average molecular weight is 520 g/mol. The molecule has 6 rings (SSSR count). The Bertz CT molecular complexity index is 1180. The second-order valence-corrected chi connectivity index (χ2v) is 14.2. The van der Waals surface area contributed by atoms with Crippen molar-refractivity contribution in [1.29, 1.82) is 0 Å². The van der Waals surface area contributed by atoms with E-state index in [9.17, 15) is 10.2 Å². The molecule has 1 heterocycles. The molecule has 5 nitrogen and oxygen atoms in total. The molecule has 4 N–H and O–H groups in total. The third-order valence-electron chi connectivity index (χ3n) is 11.1. The molecular weight excluding hydrogens is 474 g/mol. The third kappa shape index (κ3) is 4.11. The molecule has 0 aromatic heterocycles. The smallest absolute Gasteiger partial charge is 0.171 e. The highest BCUT2D eigenvalue weighted by atomic mass is 16.7. The maximum Gasteiger partial charge on any atom is 0.171 e. The molecule has 5 aliphatic rings. The van der Waals surface area contributed by atoms with Gasteiger partial charge in [0, 0.05) is 35.2 Å². The van der Waals surface area contributed by atoms with Gasteiger partial charge in [-0.2, -0.15) is 0 Å². The Kier molecular flexibility index (Phi) is 6.22. The zero-order chi connectivity index (χ0) is 27.0. The maximum absolute atomic E-state index is 12.3. The summed E-state index contributed by atoms with van der Waals surface area (Å²) >= 11 is 0. The number of rotatable bonds is 1. The second-order valence-electron chi connectivity index (χ2n) is 14.2. The third-order valence-corrected chi connectivity index (χ3v) is 11.1. The highest BCUT2D eigenvalue weighted by molar-refractivity contribution is 5.46. The van der Waals surface area contributed by atoms with Gasteiger partial charge in [-0.3, -0.25) is 0 Å². The number of allylic oxidation sites excluding steroid dienone is 1. The van der Waals surface area contributed by atoms with Crippen molar-refractivity contribution < 1.29 is 19.7 Å². The molecule has 1 saturated heterocycles. The fourth-order valence-electron chi connectivity index (χ4n) is 8.72. The van der Waals surface area contributed by atoms with Crippen LogP contribution >= 0.6 is 0 Å². The van der Waals surface area contributed by atoms with Crippen molar-refractivity contribution in [3.8, 4) is 11.8 Å². The summed E-state index contributed by atoms with van der Waals surface area (Å²) in [6.45, 7) is 10.4. The van der Waals surface area contributed by atoms with E-state index in [2.05, 4.69) is 63.8 Å². The Hall–Kier alpha value is -1.68. The summed E-state index contributed by atoms with van der Waals surface area (Å²) in [4.78, 5) is 0. The summed E-state index contributed by atoms with van der Waals surface area (Å²) in [7, 11) is 0. The minimum absolute atomic E-state index is 0.00328. The van der Waals surface area contributed by atoms with Gasteiger partial charge in [0.25, 0.3) is 0 Å². The number of nitrogens with two attached hydrogens (primary N) is 1. The van der Waals surface area contributed by atoms with Gasteiger partial charge in [-0.25, -0.2) is 0 Å². The molecule has 6 atom stereocenters. The average Bonchev–Trinajstić information content (AvgIpc) is 3.12. The van der Waals surface area contributed by atoms with Gasteiger partial charge >= 0.3 is 0 Å². The van der Waals surface area contributed by atoms with Gasteiger partial charge in [0.1, 0.15) is 0 Å². The maximum atomic E-state index is 12.3. The summed E-state index contributed by atoms with van der Waals surface area (Å²) < 4.78 is 12.8. The van der Waals surface area contributed by atoms with E-state index in [0.29, 0.717) is 38.0 Å². The first-order valence-corrected chi connectivity index (χ1v) is 14.7. The van der Waals surface area contributed by atoms with Gasteiger partial charge in [0.15, 0.2) is 5.79 Å².